The first-order chi connectivity index (χ1) is 24.9. The Morgan fingerprint density at radius 1 is 0.941 bits per heavy atom. The fourth-order valence-corrected chi connectivity index (χ4v) is 7.84. The summed E-state index contributed by atoms with van der Waals surface area (Å²) in [5.74, 6) is 1.00. The number of carbonyl (C=O) groups excluding carboxylic acids is 2. The van der Waals surface area contributed by atoms with Gasteiger partial charge in [0.25, 0.3) is 0 Å². The molecule has 1 N–H and O–H groups in total. The summed E-state index contributed by atoms with van der Waals surface area (Å²) < 4.78 is 29.0. The van der Waals surface area contributed by atoms with Crippen LogP contribution in [0.1, 0.15) is 81.9 Å². The number of nitrogens with zero attached hydrogens (tertiary/aromatic N) is 2. The quantitative estimate of drug-likeness (QED) is 0.163. The van der Waals surface area contributed by atoms with Gasteiger partial charge in [-0.2, -0.15) is 0 Å². The summed E-state index contributed by atoms with van der Waals surface area (Å²) in [7, 11) is 3.23. The summed E-state index contributed by atoms with van der Waals surface area (Å²) in [6.45, 7) is 6.96. The lowest BCUT2D eigenvalue weighted by Crippen LogP contribution is -2.53. The van der Waals surface area contributed by atoms with E-state index in [0.29, 0.717) is 43.9 Å². The van der Waals surface area contributed by atoms with Gasteiger partial charge in [0.15, 0.2) is 11.5 Å². The Labute approximate surface area is 304 Å². The number of aliphatic hydroxyl groups is 1. The molecule has 51 heavy (non-hydrogen) atoms. The van der Waals surface area contributed by atoms with Gasteiger partial charge in [0.05, 0.1) is 39.5 Å². The summed E-state index contributed by atoms with van der Waals surface area (Å²) in [5, 5.41) is 11.2. The van der Waals surface area contributed by atoms with Crippen LogP contribution >= 0.6 is 0 Å². The zero-order chi connectivity index (χ0) is 36.0. The van der Waals surface area contributed by atoms with Crippen LogP contribution in [0.15, 0.2) is 54.6 Å². The number of likely N-dealkylation sites (tertiary alicyclic amines) is 1. The van der Waals surface area contributed by atoms with Gasteiger partial charge in [-0.1, -0.05) is 49.6 Å². The summed E-state index contributed by atoms with van der Waals surface area (Å²) >= 11 is 0. The summed E-state index contributed by atoms with van der Waals surface area (Å²) in [4.78, 5) is 32.6. The molecular formula is C41H58N2O8. The fourth-order valence-electron chi connectivity index (χ4n) is 7.84. The van der Waals surface area contributed by atoms with Crippen molar-refractivity contribution < 1.29 is 38.4 Å². The highest BCUT2D eigenvalue weighted by Gasteiger charge is 2.42. The van der Waals surface area contributed by atoms with Crippen LogP contribution in [0.5, 0.6) is 17.2 Å². The highest BCUT2D eigenvalue weighted by molar-refractivity contribution is 5.87. The molecule has 2 saturated heterocycles. The number of carbonyl (C=O) groups is 2. The zero-order valence-electron chi connectivity index (χ0n) is 30.8. The van der Waals surface area contributed by atoms with E-state index in [-0.39, 0.29) is 11.8 Å². The van der Waals surface area contributed by atoms with Crippen LogP contribution in [0.3, 0.4) is 0 Å². The Balaban J connectivity index is 1.35. The van der Waals surface area contributed by atoms with Crippen molar-refractivity contribution in [3.05, 3.63) is 65.7 Å². The van der Waals surface area contributed by atoms with Gasteiger partial charge in [-0.3, -0.25) is 9.69 Å². The normalized spacial score (nSPS) is 20.8. The average molecular weight is 707 g/mol. The molecule has 2 heterocycles. The number of aryl methyl sites for hydroxylation is 1. The topological polar surface area (TPSA) is 107 Å². The second-order valence-electron chi connectivity index (χ2n) is 14.0. The molecule has 280 valence electrons. The van der Waals surface area contributed by atoms with Gasteiger partial charge in [-0.05, 0) is 93.2 Å². The van der Waals surface area contributed by atoms with Crippen molar-refractivity contribution in [1.29, 1.82) is 0 Å². The number of methoxy groups -OCH3 is 2. The molecule has 1 aliphatic carbocycles. The highest BCUT2D eigenvalue weighted by Crippen LogP contribution is 2.36. The van der Waals surface area contributed by atoms with Crippen LogP contribution in [0.4, 0.5) is 0 Å². The fraction of sp³-hybridized carbons (Fsp3) is 0.610. The SMILES string of the molecule is C/C=C/[C@@H](O)[C@@H](C(=O)N1CCCC[C@H]1C(=O)OC(CCc1ccc(OC)c(OC)c1)c1cccc(OCCN2CCOCC2)c1)C1CCCCC1. The number of benzene rings is 2. The Morgan fingerprint density at radius 3 is 2.45 bits per heavy atom. The van der Waals surface area contributed by atoms with Crippen LogP contribution in [0, 0.1) is 11.8 Å². The average Bonchev–Trinajstić information content (AvgIpc) is 3.17. The molecule has 0 radical (unpaired) electrons. The maximum Gasteiger partial charge on any atom is 0.329 e. The van der Waals surface area contributed by atoms with E-state index in [1.54, 1.807) is 31.3 Å². The third-order valence-electron chi connectivity index (χ3n) is 10.7. The molecule has 0 bridgehead atoms. The van der Waals surface area contributed by atoms with E-state index in [0.717, 1.165) is 94.7 Å². The molecule has 0 aromatic heterocycles. The predicted molar refractivity (Wildman–Crippen MR) is 196 cm³/mol. The van der Waals surface area contributed by atoms with Crippen LogP contribution in [-0.2, 0) is 25.5 Å². The number of allylic oxidation sites excluding steroid dienone is 1. The van der Waals surface area contributed by atoms with E-state index in [4.69, 9.17) is 23.7 Å². The molecule has 1 amide bonds. The molecule has 1 saturated carbocycles. The molecule has 10 nitrogen and oxygen atoms in total. The van der Waals surface area contributed by atoms with Crippen molar-refractivity contribution in [2.45, 2.75) is 89.4 Å². The molecule has 1 unspecified atom stereocenters. The van der Waals surface area contributed by atoms with E-state index in [2.05, 4.69) is 4.90 Å². The lowest BCUT2D eigenvalue weighted by atomic mass is 9.76. The maximum absolute atomic E-state index is 14.3. The van der Waals surface area contributed by atoms with Gasteiger partial charge >= 0.3 is 5.97 Å². The summed E-state index contributed by atoms with van der Waals surface area (Å²) in [6.07, 6.45) is 10.5. The molecule has 2 aromatic rings. The first-order valence-corrected chi connectivity index (χ1v) is 19.0. The summed E-state index contributed by atoms with van der Waals surface area (Å²) in [5.41, 5.74) is 1.86. The van der Waals surface area contributed by atoms with Crippen molar-refractivity contribution in [2.24, 2.45) is 11.8 Å². The molecular weight excluding hydrogens is 648 g/mol. The monoisotopic (exact) mass is 706 g/mol. The molecule has 0 spiro atoms. The van der Waals surface area contributed by atoms with Gasteiger partial charge < -0.3 is 33.7 Å². The molecule has 3 aliphatic rings. The number of hydrogen-bond acceptors (Lipinski definition) is 9. The number of morpholine rings is 1. The third-order valence-corrected chi connectivity index (χ3v) is 10.7. The molecule has 10 heteroatoms. The zero-order valence-corrected chi connectivity index (χ0v) is 30.8. The standard InChI is InChI=1S/C41H58N2O8/c1-4-11-35(44)39(31-12-6-5-7-13-31)40(45)43-21-9-8-16-34(43)41(46)51-36(19-17-30-18-20-37(47-2)38(28-30)48-3)32-14-10-15-33(29-32)50-27-24-42-22-25-49-26-23-42/h4,10-11,14-15,18,20,28-29,31,34-36,39,44H,5-9,12-13,16-17,19,21-27H2,1-3H3/b11-4+/t34-,35+,36?,39-/m0/s1. The minimum atomic E-state index is -0.885. The van der Waals surface area contributed by atoms with Crippen molar-refractivity contribution in [1.82, 2.24) is 9.80 Å². The van der Waals surface area contributed by atoms with Crippen LogP contribution in [0.2, 0.25) is 0 Å². The van der Waals surface area contributed by atoms with Gasteiger partial charge in [0, 0.05) is 26.2 Å². The second kappa shape index (κ2) is 19.9. The lowest BCUT2D eigenvalue weighted by molar-refractivity contribution is -0.165. The van der Waals surface area contributed by atoms with Gasteiger partial charge in [-0.15, -0.1) is 0 Å². The van der Waals surface area contributed by atoms with Crippen LogP contribution in [0.25, 0.3) is 0 Å². The lowest BCUT2D eigenvalue weighted by Gasteiger charge is -2.40. The highest BCUT2D eigenvalue weighted by atomic mass is 16.5. The first kappa shape index (κ1) is 38.6. The number of ether oxygens (including phenoxy) is 5. The smallest absolute Gasteiger partial charge is 0.329 e. The number of piperidine rings is 1. The first-order valence-electron chi connectivity index (χ1n) is 19.0. The van der Waals surface area contributed by atoms with Crippen LogP contribution in [-0.4, -0.2) is 99.1 Å². The minimum absolute atomic E-state index is 0.0938. The number of esters is 1. The largest absolute Gasteiger partial charge is 0.493 e. The minimum Gasteiger partial charge on any atom is -0.493 e. The van der Waals surface area contributed by atoms with E-state index >= 15 is 0 Å². The Bertz CT molecular complexity index is 1420. The summed E-state index contributed by atoms with van der Waals surface area (Å²) in [6, 6.07) is 12.9. The Kier molecular flexibility index (Phi) is 15.0. The van der Waals surface area contributed by atoms with Crippen molar-refractivity contribution in [2.75, 3.05) is 60.2 Å². The molecule has 3 fully saturated rings. The second-order valence-corrected chi connectivity index (χ2v) is 14.0. The van der Waals surface area contributed by atoms with Gasteiger partial charge in [-0.25, -0.2) is 4.79 Å². The number of rotatable bonds is 16. The number of amides is 1. The molecule has 2 aromatic carbocycles. The van der Waals surface area contributed by atoms with E-state index in [9.17, 15) is 14.7 Å². The third kappa shape index (κ3) is 10.7. The van der Waals surface area contributed by atoms with Gasteiger partial charge in [0.1, 0.15) is 24.5 Å². The Hall–Kier alpha value is -3.60. The van der Waals surface area contributed by atoms with Crippen molar-refractivity contribution in [3.63, 3.8) is 0 Å². The van der Waals surface area contributed by atoms with Crippen LogP contribution < -0.4 is 14.2 Å². The molecule has 2 aliphatic heterocycles. The van der Waals surface area contributed by atoms with Gasteiger partial charge in [0.2, 0.25) is 5.91 Å². The van der Waals surface area contributed by atoms with E-state index in [1.807, 2.05) is 49.4 Å². The van der Waals surface area contributed by atoms with E-state index < -0.39 is 30.1 Å². The van der Waals surface area contributed by atoms with E-state index in [1.165, 1.54) is 0 Å². The number of aliphatic hydroxyl groups excluding tert-OH is 1. The Morgan fingerprint density at radius 2 is 1.71 bits per heavy atom. The van der Waals surface area contributed by atoms with Crippen molar-refractivity contribution >= 4 is 11.9 Å². The van der Waals surface area contributed by atoms with Crippen molar-refractivity contribution in [3.8, 4) is 17.2 Å². The predicted octanol–water partition coefficient (Wildman–Crippen LogP) is 6.15. The molecule has 5 rings (SSSR count). The molecule has 4 atom stereocenters. The number of hydrogen-bond donors (Lipinski definition) is 1. The maximum atomic E-state index is 14.3.